The number of aryl methyl sites for hydroxylation is 1. The van der Waals surface area contributed by atoms with Crippen molar-refractivity contribution in [1.29, 1.82) is 0 Å². The van der Waals surface area contributed by atoms with E-state index in [0.717, 1.165) is 29.0 Å². The molecule has 4 rings (SSSR count). The summed E-state index contributed by atoms with van der Waals surface area (Å²) in [6.07, 6.45) is 1.72. The molecule has 0 bridgehead atoms. The predicted molar refractivity (Wildman–Crippen MR) is 114 cm³/mol. The van der Waals surface area contributed by atoms with Gasteiger partial charge in [-0.2, -0.15) is 0 Å². The summed E-state index contributed by atoms with van der Waals surface area (Å²) in [6.45, 7) is 8.44. The van der Waals surface area contributed by atoms with Crippen molar-refractivity contribution in [2.75, 3.05) is 27.5 Å². The van der Waals surface area contributed by atoms with Crippen molar-refractivity contribution >= 4 is 11.9 Å². The van der Waals surface area contributed by atoms with Crippen molar-refractivity contribution in [3.05, 3.63) is 52.3 Å². The second-order valence-electron chi connectivity index (χ2n) is 8.10. The topological polar surface area (TPSA) is 57.2 Å². The molecule has 30 heavy (non-hydrogen) atoms. The highest BCUT2D eigenvalue weighted by Gasteiger charge is 2.35. The zero-order valence-corrected chi connectivity index (χ0v) is 18.1. The van der Waals surface area contributed by atoms with Crippen molar-refractivity contribution in [3.63, 3.8) is 0 Å². The number of rotatable bonds is 5. The van der Waals surface area contributed by atoms with E-state index in [9.17, 15) is 4.79 Å². The van der Waals surface area contributed by atoms with Crippen LogP contribution in [-0.4, -0.2) is 38.2 Å². The van der Waals surface area contributed by atoms with Gasteiger partial charge in [0.15, 0.2) is 5.76 Å². The van der Waals surface area contributed by atoms with Gasteiger partial charge >= 0.3 is 0 Å². The molecule has 0 radical (unpaired) electrons. The highest BCUT2D eigenvalue weighted by atomic mass is 16.5. The smallest absolute Gasteiger partial charge is 0.232 e. The van der Waals surface area contributed by atoms with Crippen LogP contribution in [0.4, 0.5) is 0 Å². The first-order valence-corrected chi connectivity index (χ1v) is 10.1. The third-order valence-electron chi connectivity index (χ3n) is 5.34. The number of carbonyl (C=O) groups is 1. The van der Waals surface area contributed by atoms with Gasteiger partial charge in [-0.15, -0.1) is 0 Å². The van der Waals surface area contributed by atoms with Crippen LogP contribution in [-0.2, 0) is 6.54 Å². The Hall–Kier alpha value is -2.99. The Morgan fingerprint density at radius 2 is 2.00 bits per heavy atom. The molecule has 0 aliphatic carbocycles. The lowest BCUT2D eigenvalue weighted by molar-refractivity contribution is 0.0831. The summed E-state index contributed by atoms with van der Waals surface area (Å²) >= 11 is 0. The fourth-order valence-electron chi connectivity index (χ4n) is 3.99. The zero-order chi connectivity index (χ0) is 21.4. The molecule has 158 valence electrons. The fraction of sp³-hybridized carbons (Fsp3) is 0.375. The van der Waals surface area contributed by atoms with Gasteiger partial charge in [-0.25, -0.2) is 0 Å². The van der Waals surface area contributed by atoms with Gasteiger partial charge in [0, 0.05) is 24.7 Å². The molecule has 2 aliphatic rings. The van der Waals surface area contributed by atoms with Crippen LogP contribution in [0.2, 0.25) is 0 Å². The minimum Gasteiger partial charge on any atom is -0.497 e. The molecular formula is C24H27NO5. The lowest BCUT2D eigenvalue weighted by Crippen LogP contribution is -2.35. The van der Waals surface area contributed by atoms with Crippen LogP contribution in [0, 0.1) is 12.8 Å². The van der Waals surface area contributed by atoms with E-state index < -0.39 is 0 Å². The summed E-state index contributed by atoms with van der Waals surface area (Å²) in [4.78, 5) is 15.4. The number of Topliss-reactive ketones (excluding diaryl/α,β-unsaturated/α-hetero) is 1. The molecule has 6 nitrogen and oxygen atoms in total. The molecule has 6 heteroatoms. The first-order valence-electron chi connectivity index (χ1n) is 10.1. The third kappa shape index (κ3) is 3.63. The van der Waals surface area contributed by atoms with Crippen molar-refractivity contribution in [2.45, 2.75) is 27.3 Å². The number of hydrogen-bond donors (Lipinski definition) is 0. The maximum Gasteiger partial charge on any atom is 0.232 e. The molecule has 2 aromatic rings. The Morgan fingerprint density at radius 3 is 2.70 bits per heavy atom. The minimum atomic E-state index is -0.121. The number of ketones is 1. The Morgan fingerprint density at radius 1 is 1.20 bits per heavy atom. The lowest BCUT2D eigenvalue weighted by atomic mass is 9.98. The number of fused-ring (bicyclic) bond motifs is 3. The Kier molecular flexibility index (Phi) is 5.43. The number of carbonyl (C=O) groups excluding carboxylic acids is 1. The number of methoxy groups -OCH3 is 2. The van der Waals surface area contributed by atoms with Gasteiger partial charge in [0.2, 0.25) is 5.78 Å². The fourth-order valence-corrected chi connectivity index (χ4v) is 3.99. The van der Waals surface area contributed by atoms with Gasteiger partial charge < -0.3 is 18.9 Å². The largest absolute Gasteiger partial charge is 0.497 e. The molecule has 0 fully saturated rings. The summed E-state index contributed by atoms with van der Waals surface area (Å²) < 4.78 is 22.8. The van der Waals surface area contributed by atoms with Crippen LogP contribution in [0.1, 0.15) is 40.9 Å². The number of benzene rings is 2. The summed E-state index contributed by atoms with van der Waals surface area (Å²) in [7, 11) is 3.19. The first-order chi connectivity index (χ1) is 14.4. The predicted octanol–water partition coefficient (Wildman–Crippen LogP) is 4.44. The van der Waals surface area contributed by atoms with E-state index in [0.29, 0.717) is 42.0 Å². The van der Waals surface area contributed by atoms with Gasteiger partial charge in [-0.3, -0.25) is 9.69 Å². The molecule has 2 heterocycles. The van der Waals surface area contributed by atoms with E-state index in [1.54, 1.807) is 26.4 Å². The van der Waals surface area contributed by atoms with Gasteiger partial charge in [-0.1, -0.05) is 13.8 Å². The van der Waals surface area contributed by atoms with Crippen LogP contribution >= 0.6 is 0 Å². The molecule has 0 spiro atoms. The Bertz CT molecular complexity index is 1020. The number of nitrogens with zero attached hydrogens (tertiary/aromatic N) is 1. The van der Waals surface area contributed by atoms with E-state index in [1.807, 2.05) is 25.1 Å². The maximum atomic E-state index is 13.2. The number of allylic oxidation sites excluding steroid dienone is 1. The van der Waals surface area contributed by atoms with Crippen LogP contribution < -0.4 is 18.9 Å². The lowest BCUT2D eigenvalue weighted by Gasteiger charge is -2.31. The van der Waals surface area contributed by atoms with E-state index >= 15 is 0 Å². The third-order valence-corrected chi connectivity index (χ3v) is 5.34. The molecule has 2 aromatic carbocycles. The van der Waals surface area contributed by atoms with Crippen LogP contribution in [0.15, 0.2) is 30.0 Å². The monoisotopic (exact) mass is 409 g/mol. The Balaban J connectivity index is 1.71. The van der Waals surface area contributed by atoms with Crippen molar-refractivity contribution < 1.29 is 23.7 Å². The van der Waals surface area contributed by atoms with Crippen LogP contribution in [0.3, 0.4) is 0 Å². The quantitative estimate of drug-likeness (QED) is 0.681. The molecular weight excluding hydrogens is 382 g/mol. The zero-order valence-electron chi connectivity index (χ0n) is 18.1. The van der Waals surface area contributed by atoms with Crippen molar-refractivity contribution in [1.82, 2.24) is 4.90 Å². The summed E-state index contributed by atoms with van der Waals surface area (Å²) in [5.41, 5.74) is 3.15. The molecule has 0 atom stereocenters. The minimum absolute atomic E-state index is 0.121. The number of ether oxygens (including phenoxy) is 4. The SMILES string of the molecule is COc1ccc(/C=C2\Oc3c4c(cc(C)c3C2=O)OCN(CC(C)C)C4)c(OC)c1. The maximum absolute atomic E-state index is 13.2. The Labute approximate surface area is 177 Å². The molecule has 0 unspecified atom stereocenters. The standard InChI is InChI=1S/C24H27NO5/c1-14(2)11-25-12-18-20(29-13-25)8-15(3)22-23(26)21(30-24(18)22)9-16-6-7-17(27-4)10-19(16)28-5/h6-10,14H,11-13H2,1-5H3/b21-9-. The van der Waals surface area contributed by atoms with Crippen LogP contribution in [0.5, 0.6) is 23.0 Å². The van der Waals surface area contributed by atoms with Gasteiger partial charge in [-0.05, 0) is 42.7 Å². The summed E-state index contributed by atoms with van der Waals surface area (Å²) in [5.74, 6) is 3.39. The molecule has 0 aromatic heterocycles. The summed E-state index contributed by atoms with van der Waals surface area (Å²) in [5, 5.41) is 0. The van der Waals surface area contributed by atoms with E-state index in [1.165, 1.54) is 0 Å². The average Bonchev–Trinajstić information content (AvgIpc) is 3.05. The van der Waals surface area contributed by atoms with Crippen LogP contribution in [0.25, 0.3) is 6.08 Å². The molecule has 0 saturated heterocycles. The van der Waals surface area contributed by atoms with Gasteiger partial charge in [0.25, 0.3) is 0 Å². The summed E-state index contributed by atoms with van der Waals surface area (Å²) in [6, 6.07) is 7.40. The van der Waals surface area contributed by atoms with E-state index in [2.05, 4.69) is 18.7 Å². The van der Waals surface area contributed by atoms with E-state index in [4.69, 9.17) is 18.9 Å². The number of hydrogen-bond acceptors (Lipinski definition) is 6. The van der Waals surface area contributed by atoms with Crippen molar-refractivity contribution in [2.24, 2.45) is 5.92 Å². The van der Waals surface area contributed by atoms with Crippen molar-refractivity contribution in [3.8, 4) is 23.0 Å². The van der Waals surface area contributed by atoms with Gasteiger partial charge in [0.05, 0.1) is 25.3 Å². The molecule has 2 aliphatic heterocycles. The second kappa shape index (κ2) is 8.03. The van der Waals surface area contributed by atoms with Gasteiger partial charge in [0.1, 0.15) is 29.7 Å². The molecule has 0 saturated carbocycles. The molecule has 0 N–H and O–H groups in total. The highest BCUT2D eigenvalue weighted by Crippen LogP contribution is 2.44. The van der Waals surface area contributed by atoms with E-state index in [-0.39, 0.29) is 11.5 Å². The highest BCUT2D eigenvalue weighted by molar-refractivity contribution is 6.16. The second-order valence-corrected chi connectivity index (χ2v) is 8.10. The first kappa shape index (κ1) is 20.3. The normalized spacial score (nSPS) is 16.9. The average molecular weight is 409 g/mol. The molecule has 0 amide bonds.